The Morgan fingerprint density at radius 2 is 1.61 bits per heavy atom. The van der Waals surface area contributed by atoms with E-state index in [-0.39, 0.29) is 24.3 Å². The predicted molar refractivity (Wildman–Crippen MR) is 154 cm³/mol. The lowest BCUT2D eigenvalue weighted by molar-refractivity contribution is -0.141. The van der Waals surface area contributed by atoms with E-state index in [2.05, 4.69) is 21.2 Å². The van der Waals surface area contributed by atoms with Crippen molar-refractivity contribution in [3.05, 3.63) is 94.0 Å². The molecule has 0 aliphatic carbocycles. The number of hydrogen-bond donors (Lipinski definition) is 1. The fraction of sp³-hybridized carbons (Fsp3) is 0.355. The third-order valence-corrected chi connectivity index (χ3v) is 7.08. The normalized spacial score (nSPS) is 12.3. The number of rotatable bonds is 13. The number of carbonyl (C=O) groups is 2. The number of nitrogens with zero attached hydrogens (tertiary/aromatic N) is 1. The number of benzene rings is 3. The van der Waals surface area contributed by atoms with E-state index in [0.717, 1.165) is 27.6 Å². The average molecular weight is 582 g/mol. The van der Waals surface area contributed by atoms with E-state index in [1.54, 1.807) is 19.1 Å². The molecule has 0 unspecified atom stereocenters. The van der Waals surface area contributed by atoms with Crippen LogP contribution in [0.4, 0.5) is 0 Å². The molecule has 38 heavy (non-hydrogen) atoms. The summed E-state index contributed by atoms with van der Waals surface area (Å²) in [4.78, 5) is 29.2. The number of carbonyl (C=O) groups excluding carboxylic acids is 2. The Hall–Kier alpha value is -3.32. The molecule has 6 nitrogen and oxygen atoms in total. The minimum Gasteiger partial charge on any atom is -0.493 e. The standard InChI is InChI=1S/C31H37BrN2O4/c1-5-22(2)33-31(36)27(19-23-10-7-6-8-11-23)34(21-25-12-9-13-26(32)18-25)30(35)17-15-24-14-16-28(37-3)29(20-24)38-4/h6-14,16,18,20,22,27H,5,15,17,19,21H2,1-4H3,(H,33,36)/t22-,27-/m1/s1. The van der Waals surface area contributed by atoms with Crippen molar-refractivity contribution in [1.29, 1.82) is 0 Å². The highest BCUT2D eigenvalue weighted by Crippen LogP contribution is 2.28. The maximum absolute atomic E-state index is 13.9. The van der Waals surface area contributed by atoms with Crippen molar-refractivity contribution in [2.45, 2.75) is 58.2 Å². The summed E-state index contributed by atoms with van der Waals surface area (Å²) in [5.41, 5.74) is 2.92. The summed E-state index contributed by atoms with van der Waals surface area (Å²) in [5.74, 6) is 1.04. The molecule has 0 fully saturated rings. The summed E-state index contributed by atoms with van der Waals surface area (Å²) < 4.78 is 11.7. The van der Waals surface area contributed by atoms with Gasteiger partial charge in [0, 0.05) is 29.9 Å². The first-order valence-corrected chi connectivity index (χ1v) is 13.7. The number of aryl methyl sites for hydroxylation is 1. The van der Waals surface area contributed by atoms with Gasteiger partial charge in [-0.25, -0.2) is 0 Å². The van der Waals surface area contributed by atoms with Crippen LogP contribution in [0.25, 0.3) is 0 Å². The fourth-order valence-electron chi connectivity index (χ4n) is 4.26. The van der Waals surface area contributed by atoms with E-state index in [9.17, 15) is 9.59 Å². The minimum absolute atomic E-state index is 0.00959. The Labute approximate surface area is 234 Å². The molecule has 0 aliphatic heterocycles. The zero-order valence-corrected chi connectivity index (χ0v) is 24.2. The third-order valence-electron chi connectivity index (χ3n) is 6.59. The van der Waals surface area contributed by atoms with Crippen molar-refractivity contribution >= 4 is 27.7 Å². The molecule has 0 bridgehead atoms. The molecule has 1 N–H and O–H groups in total. The fourth-order valence-corrected chi connectivity index (χ4v) is 4.70. The van der Waals surface area contributed by atoms with Crippen LogP contribution < -0.4 is 14.8 Å². The highest BCUT2D eigenvalue weighted by Gasteiger charge is 2.30. The molecule has 3 aromatic carbocycles. The molecule has 0 heterocycles. The van der Waals surface area contributed by atoms with Crippen LogP contribution in [-0.2, 0) is 29.0 Å². The molecule has 0 saturated carbocycles. The van der Waals surface area contributed by atoms with Crippen molar-refractivity contribution in [1.82, 2.24) is 10.2 Å². The Morgan fingerprint density at radius 3 is 2.26 bits per heavy atom. The first kappa shape index (κ1) is 29.2. The first-order valence-electron chi connectivity index (χ1n) is 12.9. The highest BCUT2D eigenvalue weighted by molar-refractivity contribution is 9.10. The van der Waals surface area contributed by atoms with E-state index in [0.29, 0.717) is 30.9 Å². The predicted octanol–water partition coefficient (Wildman–Crippen LogP) is 5.95. The van der Waals surface area contributed by atoms with Gasteiger partial charge >= 0.3 is 0 Å². The van der Waals surface area contributed by atoms with Gasteiger partial charge in [0.25, 0.3) is 0 Å². The smallest absolute Gasteiger partial charge is 0.243 e. The Balaban J connectivity index is 1.91. The van der Waals surface area contributed by atoms with Crippen LogP contribution in [0.2, 0.25) is 0 Å². The van der Waals surface area contributed by atoms with Gasteiger partial charge in [-0.1, -0.05) is 71.4 Å². The molecule has 0 aliphatic rings. The number of methoxy groups -OCH3 is 2. The molecule has 0 spiro atoms. The molecule has 3 aromatic rings. The second-order valence-electron chi connectivity index (χ2n) is 9.36. The molecule has 3 rings (SSSR count). The average Bonchev–Trinajstić information content (AvgIpc) is 2.93. The van der Waals surface area contributed by atoms with E-state index >= 15 is 0 Å². The molecule has 7 heteroatoms. The van der Waals surface area contributed by atoms with Crippen LogP contribution in [0.3, 0.4) is 0 Å². The van der Waals surface area contributed by atoms with Gasteiger partial charge in [-0.2, -0.15) is 0 Å². The number of nitrogens with one attached hydrogen (secondary N) is 1. The summed E-state index contributed by atoms with van der Waals surface area (Å²) in [7, 11) is 3.19. The summed E-state index contributed by atoms with van der Waals surface area (Å²) in [6.07, 6.45) is 2.01. The summed E-state index contributed by atoms with van der Waals surface area (Å²) in [5, 5.41) is 3.11. The van der Waals surface area contributed by atoms with E-state index in [4.69, 9.17) is 9.47 Å². The zero-order valence-electron chi connectivity index (χ0n) is 22.6. The molecule has 0 radical (unpaired) electrons. The van der Waals surface area contributed by atoms with Gasteiger partial charge in [-0.15, -0.1) is 0 Å². The van der Waals surface area contributed by atoms with Crippen LogP contribution in [0, 0.1) is 0 Å². The monoisotopic (exact) mass is 580 g/mol. The topological polar surface area (TPSA) is 67.9 Å². The van der Waals surface area contributed by atoms with Gasteiger partial charge in [0.1, 0.15) is 6.04 Å². The van der Waals surface area contributed by atoms with E-state index in [1.165, 1.54) is 0 Å². The summed E-state index contributed by atoms with van der Waals surface area (Å²) in [6.45, 7) is 4.34. The molecular formula is C31H37BrN2O4. The van der Waals surface area contributed by atoms with Crippen LogP contribution in [0.5, 0.6) is 11.5 Å². The molecular weight excluding hydrogens is 544 g/mol. The van der Waals surface area contributed by atoms with Crippen LogP contribution in [0.1, 0.15) is 43.4 Å². The number of amides is 2. The van der Waals surface area contributed by atoms with Gasteiger partial charge in [0.15, 0.2) is 11.5 Å². The molecule has 202 valence electrons. The van der Waals surface area contributed by atoms with Crippen LogP contribution in [-0.4, -0.2) is 43.0 Å². The zero-order chi connectivity index (χ0) is 27.5. The van der Waals surface area contributed by atoms with Gasteiger partial charge in [-0.3, -0.25) is 9.59 Å². The maximum atomic E-state index is 13.9. The van der Waals surface area contributed by atoms with Crippen molar-refractivity contribution in [3.8, 4) is 11.5 Å². The minimum atomic E-state index is -0.650. The quantitative estimate of drug-likeness (QED) is 0.271. The van der Waals surface area contributed by atoms with Gasteiger partial charge in [-0.05, 0) is 60.7 Å². The molecule has 2 atom stereocenters. The van der Waals surface area contributed by atoms with Crippen molar-refractivity contribution < 1.29 is 19.1 Å². The highest BCUT2D eigenvalue weighted by atomic mass is 79.9. The second-order valence-corrected chi connectivity index (χ2v) is 10.3. The first-order chi connectivity index (χ1) is 18.3. The van der Waals surface area contributed by atoms with Gasteiger partial charge in [0.05, 0.1) is 14.2 Å². The molecule has 2 amide bonds. The van der Waals surface area contributed by atoms with E-state index in [1.807, 2.05) is 86.6 Å². The number of hydrogen-bond acceptors (Lipinski definition) is 4. The van der Waals surface area contributed by atoms with Crippen molar-refractivity contribution in [2.24, 2.45) is 0 Å². The van der Waals surface area contributed by atoms with E-state index < -0.39 is 6.04 Å². The Bertz CT molecular complexity index is 1200. The number of halogens is 1. The SMILES string of the molecule is CC[C@@H](C)NC(=O)[C@@H](Cc1ccccc1)N(Cc1cccc(Br)c1)C(=O)CCc1ccc(OC)c(OC)c1. The third kappa shape index (κ3) is 8.35. The van der Waals surface area contributed by atoms with Gasteiger partial charge < -0.3 is 19.7 Å². The lowest BCUT2D eigenvalue weighted by Gasteiger charge is -2.32. The lowest BCUT2D eigenvalue weighted by Crippen LogP contribution is -2.52. The molecule has 0 saturated heterocycles. The largest absolute Gasteiger partial charge is 0.493 e. The van der Waals surface area contributed by atoms with Crippen LogP contribution >= 0.6 is 15.9 Å². The van der Waals surface area contributed by atoms with Gasteiger partial charge in [0.2, 0.25) is 11.8 Å². The Morgan fingerprint density at radius 1 is 0.895 bits per heavy atom. The Kier molecular flexibility index (Phi) is 11.2. The second kappa shape index (κ2) is 14.6. The summed E-state index contributed by atoms with van der Waals surface area (Å²) in [6, 6.07) is 22.7. The summed E-state index contributed by atoms with van der Waals surface area (Å²) >= 11 is 3.53. The van der Waals surface area contributed by atoms with Crippen molar-refractivity contribution in [3.63, 3.8) is 0 Å². The van der Waals surface area contributed by atoms with Crippen molar-refractivity contribution in [2.75, 3.05) is 14.2 Å². The van der Waals surface area contributed by atoms with Crippen LogP contribution in [0.15, 0.2) is 77.3 Å². The number of ether oxygens (including phenoxy) is 2. The lowest BCUT2D eigenvalue weighted by atomic mass is 10.0. The molecule has 0 aromatic heterocycles. The maximum Gasteiger partial charge on any atom is 0.243 e.